The molecule has 0 aliphatic rings. The Labute approximate surface area is 187 Å². The number of fused-ring (bicyclic) bond motifs is 1. The summed E-state index contributed by atoms with van der Waals surface area (Å²) < 4.78 is 65.8. The van der Waals surface area contributed by atoms with Crippen molar-refractivity contribution in [2.24, 2.45) is 10.2 Å². The predicted molar refractivity (Wildman–Crippen MR) is 119 cm³/mol. The van der Waals surface area contributed by atoms with Gasteiger partial charge in [0.2, 0.25) is 0 Å². The molecule has 0 bridgehead atoms. The van der Waals surface area contributed by atoms with Gasteiger partial charge in [-0.15, -0.1) is 10.2 Å². The average molecular weight is 489 g/mol. The molecule has 0 atom stereocenters. The molecule has 3 N–H and O–H groups in total. The van der Waals surface area contributed by atoms with Crippen LogP contribution in [-0.2, 0) is 20.2 Å². The van der Waals surface area contributed by atoms with Crippen LogP contribution < -0.4 is 5.56 Å². The SMILES string of the molecule is Cc1[nH]n(-c2cccc(S(=O)(=O)O)c2)c(=O)c1N=Nc1ccc(S(=O)(=O)O)c2ccccc12. The van der Waals surface area contributed by atoms with E-state index in [-0.39, 0.29) is 32.2 Å². The molecule has 0 saturated heterocycles. The summed E-state index contributed by atoms with van der Waals surface area (Å²) in [4.78, 5) is 12.2. The molecule has 4 aromatic rings. The van der Waals surface area contributed by atoms with E-state index in [0.29, 0.717) is 11.1 Å². The number of rotatable bonds is 5. The van der Waals surface area contributed by atoms with Gasteiger partial charge in [-0.1, -0.05) is 30.3 Å². The van der Waals surface area contributed by atoms with Gasteiger partial charge in [-0.25, -0.2) is 4.68 Å². The third-order valence-corrected chi connectivity index (χ3v) is 6.57. The van der Waals surface area contributed by atoms with Gasteiger partial charge < -0.3 is 0 Å². The smallest absolute Gasteiger partial charge is 0.293 e. The highest BCUT2D eigenvalue weighted by atomic mass is 32.2. The average Bonchev–Trinajstić information content (AvgIpc) is 3.04. The Kier molecular flexibility index (Phi) is 5.49. The molecule has 3 aromatic carbocycles. The highest BCUT2D eigenvalue weighted by Gasteiger charge is 2.17. The van der Waals surface area contributed by atoms with Crippen LogP contribution in [0.3, 0.4) is 0 Å². The van der Waals surface area contributed by atoms with Crippen LogP contribution in [0, 0.1) is 6.92 Å². The fourth-order valence-corrected chi connectivity index (χ4v) is 4.51. The monoisotopic (exact) mass is 488 g/mol. The molecule has 0 aliphatic heterocycles. The number of nitrogens with zero attached hydrogens (tertiary/aromatic N) is 3. The lowest BCUT2D eigenvalue weighted by Crippen LogP contribution is -2.14. The maximum absolute atomic E-state index is 12.9. The van der Waals surface area contributed by atoms with E-state index in [4.69, 9.17) is 0 Å². The topological polar surface area (TPSA) is 171 Å². The van der Waals surface area contributed by atoms with E-state index in [9.17, 15) is 30.7 Å². The van der Waals surface area contributed by atoms with Crippen LogP contribution in [0.15, 0.2) is 85.5 Å². The lowest BCUT2D eigenvalue weighted by atomic mass is 10.1. The third-order valence-electron chi connectivity index (χ3n) is 4.81. The van der Waals surface area contributed by atoms with E-state index in [0.717, 1.165) is 10.7 Å². The number of aryl methyl sites for hydroxylation is 1. The van der Waals surface area contributed by atoms with Gasteiger partial charge in [0.1, 0.15) is 4.90 Å². The number of benzene rings is 3. The van der Waals surface area contributed by atoms with Crippen LogP contribution in [0.1, 0.15) is 5.69 Å². The number of nitrogens with one attached hydrogen (secondary N) is 1. The molecule has 0 fully saturated rings. The van der Waals surface area contributed by atoms with Crippen LogP contribution in [-0.4, -0.2) is 35.7 Å². The fraction of sp³-hybridized carbons (Fsp3) is 0.0500. The molecule has 0 amide bonds. The summed E-state index contributed by atoms with van der Waals surface area (Å²) in [7, 11) is -8.92. The Morgan fingerprint density at radius 3 is 2.21 bits per heavy atom. The van der Waals surface area contributed by atoms with Crippen molar-refractivity contribution in [2.45, 2.75) is 16.7 Å². The van der Waals surface area contributed by atoms with Gasteiger partial charge in [0, 0.05) is 10.8 Å². The quantitative estimate of drug-likeness (QED) is 0.285. The van der Waals surface area contributed by atoms with Crippen molar-refractivity contribution in [3.63, 3.8) is 0 Å². The van der Waals surface area contributed by atoms with Gasteiger partial charge in [0.05, 0.1) is 22.0 Å². The lowest BCUT2D eigenvalue weighted by molar-refractivity contribution is 0.481. The molecule has 0 aliphatic carbocycles. The molecule has 33 heavy (non-hydrogen) atoms. The molecule has 0 radical (unpaired) electrons. The van der Waals surface area contributed by atoms with Gasteiger partial charge in [0.25, 0.3) is 25.8 Å². The molecule has 0 saturated carbocycles. The molecule has 170 valence electrons. The zero-order chi connectivity index (χ0) is 24.0. The van der Waals surface area contributed by atoms with E-state index < -0.39 is 25.8 Å². The van der Waals surface area contributed by atoms with E-state index in [1.54, 1.807) is 25.1 Å². The zero-order valence-corrected chi connectivity index (χ0v) is 18.5. The second-order valence-corrected chi connectivity index (χ2v) is 9.81. The first-order chi connectivity index (χ1) is 15.5. The van der Waals surface area contributed by atoms with Crippen molar-refractivity contribution in [1.29, 1.82) is 0 Å². The number of azo groups is 1. The Bertz CT molecular complexity index is 1700. The maximum Gasteiger partial charge on any atom is 0.299 e. The van der Waals surface area contributed by atoms with E-state index in [2.05, 4.69) is 15.3 Å². The Morgan fingerprint density at radius 1 is 0.848 bits per heavy atom. The second-order valence-electron chi connectivity index (χ2n) is 7.00. The van der Waals surface area contributed by atoms with Gasteiger partial charge in [-0.3, -0.25) is 19.0 Å². The minimum Gasteiger partial charge on any atom is -0.293 e. The summed E-state index contributed by atoms with van der Waals surface area (Å²) in [6, 6.07) is 14.0. The van der Waals surface area contributed by atoms with Gasteiger partial charge in [-0.2, -0.15) is 16.8 Å². The van der Waals surface area contributed by atoms with Crippen LogP contribution in [0.4, 0.5) is 11.4 Å². The molecule has 1 aromatic heterocycles. The summed E-state index contributed by atoms with van der Waals surface area (Å²) in [6.07, 6.45) is 0. The number of hydrogen-bond acceptors (Lipinski definition) is 7. The molecule has 13 heteroatoms. The fourth-order valence-electron chi connectivity index (χ4n) is 3.29. The lowest BCUT2D eigenvalue weighted by Gasteiger charge is -2.05. The van der Waals surface area contributed by atoms with Crippen LogP contribution in [0.5, 0.6) is 0 Å². The molecule has 1 heterocycles. The molecule has 11 nitrogen and oxygen atoms in total. The van der Waals surface area contributed by atoms with Crippen LogP contribution >= 0.6 is 0 Å². The van der Waals surface area contributed by atoms with Crippen molar-refractivity contribution >= 4 is 42.4 Å². The first kappa shape index (κ1) is 22.5. The molecule has 0 unspecified atom stereocenters. The van der Waals surface area contributed by atoms with E-state index in [1.807, 2.05) is 0 Å². The number of aromatic amines is 1. The van der Waals surface area contributed by atoms with E-state index in [1.165, 1.54) is 36.4 Å². The van der Waals surface area contributed by atoms with Crippen molar-refractivity contribution in [1.82, 2.24) is 9.78 Å². The van der Waals surface area contributed by atoms with Crippen molar-refractivity contribution in [2.75, 3.05) is 0 Å². The van der Waals surface area contributed by atoms with Crippen LogP contribution in [0.2, 0.25) is 0 Å². The number of aromatic nitrogens is 2. The number of H-pyrrole nitrogens is 1. The largest absolute Gasteiger partial charge is 0.299 e. The van der Waals surface area contributed by atoms with Gasteiger partial charge in [0.15, 0.2) is 5.69 Å². The summed E-state index contributed by atoms with van der Waals surface area (Å²) in [5, 5.41) is 11.5. The standard InChI is InChI=1S/C20H16N4O7S2/c1-12-19(20(25)24(23-12)13-5-4-6-14(11-13)32(26,27)28)22-21-17-9-10-18(33(29,30)31)16-8-3-2-7-15(16)17/h2-11,23H,1H3,(H,26,27,28)(H,29,30,31). The first-order valence-electron chi connectivity index (χ1n) is 9.27. The normalized spacial score (nSPS) is 12.6. The van der Waals surface area contributed by atoms with Gasteiger partial charge >= 0.3 is 0 Å². The maximum atomic E-state index is 12.9. The highest BCUT2D eigenvalue weighted by molar-refractivity contribution is 7.86. The van der Waals surface area contributed by atoms with Crippen molar-refractivity contribution in [3.05, 3.63) is 76.7 Å². The summed E-state index contributed by atoms with van der Waals surface area (Å²) in [6.45, 7) is 1.57. The molecule has 0 spiro atoms. The third kappa shape index (κ3) is 4.34. The van der Waals surface area contributed by atoms with Crippen molar-refractivity contribution in [3.8, 4) is 5.69 Å². The second kappa shape index (κ2) is 8.04. The molecule has 4 rings (SSSR count). The summed E-state index contributed by atoms with van der Waals surface area (Å²) in [5.74, 6) is 0. The van der Waals surface area contributed by atoms with Gasteiger partial charge in [-0.05, 0) is 37.3 Å². The predicted octanol–water partition coefficient (Wildman–Crippen LogP) is 3.54. The zero-order valence-electron chi connectivity index (χ0n) is 16.9. The minimum absolute atomic E-state index is 0.0600. The molecular weight excluding hydrogens is 472 g/mol. The number of hydrogen-bond donors (Lipinski definition) is 3. The Balaban J connectivity index is 1.80. The summed E-state index contributed by atoms with van der Waals surface area (Å²) in [5.41, 5.74) is 0.0678. The summed E-state index contributed by atoms with van der Waals surface area (Å²) >= 11 is 0. The highest BCUT2D eigenvalue weighted by Crippen LogP contribution is 2.32. The van der Waals surface area contributed by atoms with Crippen molar-refractivity contribution < 1.29 is 25.9 Å². The Morgan fingerprint density at radius 2 is 1.55 bits per heavy atom. The van der Waals surface area contributed by atoms with Crippen LogP contribution in [0.25, 0.3) is 16.5 Å². The first-order valence-corrected chi connectivity index (χ1v) is 12.2. The minimum atomic E-state index is -4.46. The molecular formula is C20H16N4O7S2. The Hall–Kier alpha value is -3.65. The van der Waals surface area contributed by atoms with E-state index >= 15 is 0 Å².